The lowest BCUT2D eigenvalue weighted by atomic mass is 9.99. The molecule has 0 aliphatic rings. The van der Waals surface area contributed by atoms with Crippen LogP contribution in [0.25, 0.3) is 45.0 Å². The molecule has 0 unspecified atom stereocenters. The molecular formula is C27H18ClN3. The van der Waals surface area contributed by atoms with Gasteiger partial charge in [-0.1, -0.05) is 109 Å². The zero-order valence-electron chi connectivity index (χ0n) is 16.6. The summed E-state index contributed by atoms with van der Waals surface area (Å²) in [7, 11) is 0. The molecule has 0 saturated carbocycles. The third-order valence-corrected chi connectivity index (χ3v) is 5.28. The summed E-state index contributed by atoms with van der Waals surface area (Å²) < 4.78 is 0. The molecule has 31 heavy (non-hydrogen) atoms. The van der Waals surface area contributed by atoms with Gasteiger partial charge in [-0.25, -0.2) is 4.98 Å². The zero-order valence-corrected chi connectivity index (χ0v) is 17.4. The maximum absolute atomic E-state index is 6.18. The van der Waals surface area contributed by atoms with Crippen molar-refractivity contribution < 1.29 is 0 Å². The predicted octanol–water partition coefficient (Wildman–Crippen LogP) is 7.19. The standard InChI is InChI=1S/C27H18ClN3/c28-27-30-25(23-9-5-2-6-10-23)29-26(31-27)24-17-15-22(16-18-24)21-13-11-20(12-14-21)19-7-3-1-4-8-19/h1-18H. The van der Waals surface area contributed by atoms with Crippen molar-refractivity contribution in [3.63, 3.8) is 0 Å². The summed E-state index contributed by atoms with van der Waals surface area (Å²) in [6, 6.07) is 36.9. The first kappa shape index (κ1) is 19.2. The Balaban J connectivity index is 1.42. The van der Waals surface area contributed by atoms with Gasteiger partial charge in [0.2, 0.25) is 5.28 Å². The van der Waals surface area contributed by atoms with Gasteiger partial charge in [-0.2, -0.15) is 9.97 Å². The summed E-state index contributed by atoms with van der Waals surface area (Å²) in [5.41, 5.74) is 6.51. The largest absolute Gasteiger partial charge is 0.226 e. The van der Waals surface area contributed by atoms with Crippen molar-refractivity contribution in [3.8, 4) is 45.0 Å². The molecule has 0 N–H and O–H groups in total. The molecule has 0 spiro atoms. The Morgan fingerprint density at radius 2 is 0.677 bits per heavy atom. The molecule has 1 aromatic heterocycles. The molecule has 148 valence electrons. The van der Waals surface area contributed by atoms with Crippen LogP contribution in [0.3, 0.4) is 0 Å². The van der Waals surface area contributed by atoms with Crippen molar-refractivity contribution in [1.82, 2.24) is 15.0 Å². The van der Waals surface area contributed by atoms with Gasteiger partial charge in [-0.05, 0) is 33.9 Å². The van der Waals surface area contributed by atoms with Gasteiger partial charge in [-0.15, -0.1) is 0 Å². The first-order valence-corrected chi connectivity index (χ1v) is 10.4. The van der Waals surface area contributed by atoms with E-state index in [0.717, 1.165) is 22.3 Å². The van der Waals surface area contributed by atoms with Crippen molar-refractivity contribution in [3.05, 3.63) is 114 Å². The van der Waals surface area contributed by atoms with Gasteiger partial charge in [-0.3, -0.25) is 0 Å². The molecule has 3 nitrogen and oxygen atoms in total. The fraction of sp³-hybridized carbons (Fsp3) is 0. The monoisotopic (exact) mass is 419 g/mol. The van der Waals surface area contributed by atoms with Gasteiger partial charge >= 0.3 is 0 Å². The van der Waals surface area contributed by atoms with Crippen LogP contribution in [0.1, 0.15) is 0 Å². The number of nitrogens with zero attached hydrogens (tertiary/aromatic N) is 3. The Hall–Kier alpha value is -3.82. The second kappa shape index (κ2) is 8.50. The summed E-state index contributed by atoms with van der Waals surface area (Å²) in [5, 5.41) is 0.185. The summed E-state index contributed by atoms with van der Waals surface area (Å²) in [4.78, 5) is 13.2. The van der Waals surface area contributed by atoms with E-state index in [-0.39, 0.29) is 5.28 Å². The van der Waals surface area contributed by atoms with Gasteiger partial charge in [0, 0.05) is 11.1 Å². The fourth-order valence-electron chi connectivity index (χ4n) is 3.49. The molecular weight excluding hydrogens is 402 g/mol. The summed E-state index contributed by atoms with van der Waals surface area (Å²) in [6.45, 7) is 0. The normalized spacial score (nSPS) is 10.7. The van der Waals surface area contributed by atoms with Gasteiger partial charge < -0.3 is 0 Å². The number of halogens is 1. The van der Waals surface area contributed by atoms with Crippen LogP contribution < -0.4 is 0 Å². The van der Waals surface area contributed by atoms with E-state index in [1.54, 1.807) is 0 Å². The lowest BCUT2D eigenvalue weighted by Gasteiger charge is -2.07. The second-order valence-corrected chi connectivity index (χ2v) is 7.48. The van der Waals surface area contributed by atoms with Crippen LogP contribution in [0.15, 0.2) is 109 Å². The third kappa shape index (κ3) is 4.23. The van der Waals surface area contributed by atoms with Crippen molar-refractivity contribution in [1.29, 1.82) is 0 Å². The van der Waals surface area contributed by atoms with Gasteiger partial charge in [0.15, 0.2) is 11.6 Å². The van der Waals surface area contributed by atoms with Crippen molar-refractivity contribution in [2.24, 2.45) is 0 Å². The molecule has 0 bridgehead atoms. The Bertz CT molecular complexity index is 1300. The van der Waals surface area contributed by atoms with Crippen molar-refractivity contribution in [2.45, 2.75) is 0 Å². The molecule has 0 amide bonds. The molecule has 0 aliphatic carbocycles. The number of hydrogen-bond donors (Lipinski definition) is 0. The Morgan fingerprint density at radius 3 is 1.13 bits per heavy atom. The van der Waals surface area contributed by atoms with Crippen LogP contribution in [-0.4, -0.2) is 15.0 Å². The summed E-state index contributed by atoms with van der Waals surface area (Å²) >= 11 is 6.18. The zero-order chi connectivity index (χ0) is 21.0. The maximum atomic E-state index is 6.18. The molecule has 4 heteroatoms. The van der Waals surface area contributed by atoms with Gasteiger partial charge in [0.1, 0.15) is 0 Å². The summed E-state index contributed by atoms with van der Waals surface area (Å²) in [6.07, 6.45) is 0. The van der Waals surface area contributed by atoms with Crippen LogP contribution in [0.2, 0.25) is 5.28 Å². The molecule has 0 fully saturated rings. The highest BCUT2D eigenvalue weighted by Crippen LogP contribution is 2.27. The Labute approximate surface area is 186 Å². The van der Waals surface area contributed by atoms with Crippen LogP contribution in [0.5, 0.6) is 0 Å². The molecule has 0 atom stereocenters. The number of aromatic nitrogens is 3. The van der Waals surface area contributed by atoms with E-state index in [2.05, 4.69) is 75.6 Å². The number of benzene rings is 4. The molecule has 5 aromatic rings. The molecule has 0 aliphatic heterocycles. The number of hydrogen-bond acceptors (Lipinski definition) is 3. The van der Waals surface area contributed by atoms with E-state index in [4.69, 9.17) is 11.6 Å². The van der Waals surface area contributed by atoms with E-state index in [9.17, 15) is 0 Å². The smallest absolute Gasteiger partial charge is 0.208 e. The molecule has 1 heterocycles. The third-order valence-electron chi connectivity index (χ3n) is 5.11. The predicted molar refractivity (Wildman–Crippen MR) is 127 cm³/mol. The van der Waals surface area contributed by atoms with Crippen LogP contribution in [0, 0.1) is 0 Å². The SMILES string of the molecule is Clc1nc(-c2ccccc2)nc(-c2ccc(-c3ccc(-c4ccccc4)cc3)cc2)n1. The van der Waals surface area contributed by atoms with Crippen LogP contribution >= 0.6 is 11.6 Å². The second-order valence-electron chi connectivity index (χ2n) is 7.14. The average Bonchev–Trinajstić information content (AvgIpc) is 2.85. The van der Waals surface area contributed by atoms with E-state index in [1.807, 2.05) is 48.5 Å². The highest BCUT2D eigenvalue weighted by atomic mass is 35.5. The first-order valence-electron chi connectivity index (χ1n) is 9.99. The Morgan fingerprint density at radius 1 is 0.355 bits per heavy atom. The van der Waals surface area contributed by atoms with Gasteiger partial charge in [0.25, 0.3) is 0 Å². The van der Waals surface area contributed by atoms with E-state index < -0.39 is 0 Å². The minimum absolute atomic E-state index is 0.185. The quantitative estimate of drug-likeness (QED) is 0.309. The van der Waals surface area contributed by atoms with Crippen LogP contribution in [-0.2, 0) is 0 Å². The maximum Gasteiger partial charge on any atom is 0.226 e. The van der Waals surface area contributed by atoms with Crippen molar-refractivity contribution >= 4 is 11.6 Å². The van der Waals surface area contributed by atoms with Crippen molar-refractivity contribution in [2.75, 3.05) is 0 Å². The Kier molecular flexibility index (Phi) is 5.26. The van der Waals surface area contributed by atoms with Gasteiger partial charge in [0.05, 0.1) is 0 Å². The molecule has 5 rings (SSSR count). The molecule has 0 radical (unpaired) electrons. The van der Waals surface area contributed by atoms with E-state index >= 15 is 0 Å². The minimum Gasteiger partial charge on any atom is -0.208 e. The minimum atomic E-state index is 0.185. The molecule has 4 aromatic carbocycles. The van der Waals surface area contributed by atoms with Crippen LogP contribution in [0.4, 0.5) is 0 Å². The highest BCUT2D eigenvalue weighted by Gasteiger charge is 2.09. The fourth-order valence-corrected chi connectivity index (χ4v) is 3.65. The summed E-state index contributed by atoms with van der Waals surface area (Å²) in [5.74, 6) is 1.13. The lowest BCUT2D eigenvalue weighted by Crippen LogP contribution is -1.97. The number of rotatable bonds is 4. The topological polar surface area (TPSA) is 38.7 Å². The average molecular weight is 420 g/mol. The lowest BCUT2D eigenvalue weighted by molar-refractivity contribution is 1.07. The van der Waals surface area contributed by atoms with E-state index in [1.165, 1.54) is 11.1 Å². The first-order chi connectivity index (χ1) is 15.3. The van der Waals surface area contributed by atoms with E-state index in [0.29, 0.717) is 11.6 Å². The molecule has 0 saturated heterocycles. The highest BCUT2D eigenvalue weighted by molar-refractivity contribution is 6.28.